The minimum atomic E-state index is -0.0754. The Bertz CT molecular complexity index is 549. The molecular weight excluding hydrogens is 292 g/mol. The number of piperazine rings is 1. The zero-order valence-electron chi connectivity index (χ0n) is 14.2. The second kappa shape index (κ2) is 7.85. The monoisotopic (exact) mass is 318 g/mol. The minimum absolute atomic E-state index is 0.0754. The molecule has 1 aromatic carbocycles. The van der Waals surface area contributed by atoms with Crippen LogP contribution in [-0.2, 0) is 4.79 Å². The maximum absolute atomic E-state index is 12.1. The van der Waals surface area contributed by atoms with Gasteiger partial charge in [-0.25, -0.2) is 4.79 Å². The van der Waals surface area contributed by atoms with Gasteiger partial charge in [0, 0.05) is 57.6 Å². The third-order valence-corrected chi connectivity index (χ3v) is 4.24. The average Bonchev–Trinajstić information content (AvgIpc) is 2.56. The molecule has 1 aliphatic heterocycles. The first-order chi connectivity index (χ1) is 11.0. The summed E-state index contributed by atoms with van der Waals surface area (Å²) in [7, 11) is 0. The van der Waals surface area contributed by atoms with E-state index in [-0.39, 0.29) is 11.9 Å². The van der Waals surface area contributed by atoms with Crippen molar-refractivity contribution in [3.05, 3.63) is 24.3 Å². The molecule has 0 unspecified atom stereocenters. The molecule has 0 aliphatic carbocycles. The molecule has 6 heteroatoms. The number of nitrogens with zero attached hydrogens (tertiary/aromatic N) is 3. The molecule has 0 aromatic heterocycles. The molecule has 1 aliphatic rings. The van der Waals surface area contributed by atoms with Crippen LogP contribution < -0.4 is 10.2 Å². The van der Waals surface area contributed by atoms with E-state index in [4.69, 9.17) is 0 Å². The van der Waals surface area contributed by atoms with Gasteiger partial charge in [-0.2, -0.15) is 0 Å². The average molecular weight is 318 g/mol. The topological polar surface area (TPSA) is 55.9 Å². The van der Waals surface area contributed by atoms with E-state index in [1.807, 2.05) is 43.0 Å². The fourth-order valence-corrected chi connectivity index (χ4v) is 2.77. The number of nitrogens with one attached hydrogen (secondary N) is 1. The van der Waals surface area contributed by atoms with Crippen LogP contribution in [0.4, 0.5) is 16.2 Å². The van der Waals surface area contributed by atoms with Gasteiger partial charge in [-0.05, 0) is 32.0 Å². The van der Waals surface area contributed by atoms with Crippen molar-refractivity contribution in [3.8, 4) is 0 Å². The van der Waals surface area contributed by atoms with Crippen molar-refractivity contribution in [1.29, 1.82) is 0 Å². The third-order valence-electron chi connectivity index (χ3n) is 4.24. The predicted octanol–water partition coefficient (Wildman–Crippen LogP) is 2.23. The van der Waals surface area contributed by atoms with Gasteiger partial charge in [0.15, 0.2) is 0 Å². The van der Waals surface area contributed by atoms with Crippen molar-refractivity contribution in [2.75, 3.05) is 49.5 Å². The maximum Gasteiger partial charge on any atom is 0.321 e. The lowest BCUT2D eigenvalue weighted by molar-refractivity contribution is -0.129. The normalized spacial score (nSPS) is 14.6. The lowest BCUT2D eigenvalue weighted by atomic mass is 10.2. The summed E-state index contributed by atoms with van der Waals surface area (Å²) in [5.41, 5.74) is 1.87. The first kappa shape index (κ1) is 17.1. The quantitative estimate of drug-likeness (QED) is 0.926. The van der Waals surface area contributed by atoms with Crippen molar-refractivity contribution >= 4 is 23.3 Å². The summed E-state index contributed by atoms with van der Waals surface area (Å²) in [5.74, 6) is 0.130. The molecule has 0 spiro atoms. The Morgan fingerprint density at radius 1 is 1.13 bits per heavy atom. The van der Waals surface area contributed by atoms with Crippen molar-refractivity contribution < 1.29 is 9.59 Å². The summed E-state index contributed by atoms with van der Waals surface area (Å²) >= 11 is 0. The third kappa shape index (κ3) is 4.37. The Labute approximate surface area is 138 Å². The zero-order valence-corrected chi connectivity index (χ0v) is 14.2. The van der Waals surface area contributed by atoms with Crippen LogP contribution >= 0.6 is 0 Å². The van der Waals surface area contributed by atoms with Crippen molar-refractivity contribution in [1.82, 2.24) is 9.80 Å². The van der Waals surface area contributed by atoms with E-state index in [0.717, 1.165) is 37.6 Å². The second-order valence-corrected chi connectivity index (χ2v) is 5.65. The van der Waals surface area contributed by atoms with E-state index in [0.29, 0.717) is 13.1 Å². The number of rotatable bonds is 4. The van der Waals surface area contributed by atoms with Gasteiger partial charge in [0.05, 0.1) is 0 Å². The number of hydrogen-bond acceptors (Lipinski definition) is 3. The van der Waals surface area contributed by atoms with E-state index in [1.54, 1.807) is 11.8 Å². The molecule has 1 saturated heterocycles. The minimum Gasteiger partial charge on any atom is -0.368 e. The van der Waals surface area contributed by atoms with Crippen LogP contribution in [0, 0.1) is 0 Å². The van der Waals surface area contributed by atoms with Gasteiger partial charge >= 0.3 is 6.03 Å². The molecule has 6 nitrogen and oxygen atoms in total. The van der Waals surface area contributed by atoms with E-state index in [9.17, 15) is 9.59 Å². The highest BCUT2D eigenvalue weighted by atomic mass is 16.2. The lowest BCUT2D eigenvalue weighted by Crippen LogP contribution is -2.48. The molecule has 1 N–H and O–H groups in total. The summed E-state index contributed by atoms with van der Waals surface area (Å²) in [4.78, 5) is 29.4. The Kier molecular flexibility index (Phi) is 5.84. The van der Waals surface area contributed by atoms with Gasteiger partial charge < -0.3 is 20.0 Å². The lowest BCUT2D eigenvalue weighted by Gasteiger charge is -2.35. The standard InChI is InChI=1S/C17H26N4O2/c1-4-19(5-2)17(23)18-15-7-6-8-16(13-15)21-11-9-20(10-12-21)14(3)22/h6-8,13H,4-5,9-12H2,1-3H3,(H,18,23). The van der Waals surface area contributed by atoms with Crippen LogP contribution in [0.25, 0.3) is 0 Å². The number of anilines is 2. The molecule has 23 heavy (non-hydrogen) atoms. The van der Waals surface area contributed by atoms with E-state index in [1.165, 1.54) is 0 Å². The summed E-state index contributed by atoms with van der Waals surface area (Å²) < 4.78 is 0. The van der Waals surface area contributed by atoms with Crippen molar-refractivity contribution in [2.45, 2.75) is 20.8 Å². The predicted molar refractivity (Wildman–Crippen MR) is 92.8 cm³/mol. The van der Waals surface area contributed by atoms with Crippen molar-refractivity contribution in [3.63, 3.8) is 0 Å². The first-order valence-corrected chi connectivity index (χ1v) is 8.21. The number of amides is 3. The van der Waals surface area contributed by atoms with Crippen LogP contribution in [-0.4, -0.2) is 61.0 Å². The summed E-state index contributed by atoms with van der Waals surface area (Å²) in [5, 5.41) is 2.95. The largest absolute Gasteiger partial charge is 0.368 e. The first-order valence-electron chi connectivity index (χ1n) is 8.21. The second-order valence-electron chi connectivity index (χ2n) is 5.65. The molecule has 126 valence electrons. The van der Waals surface area contributed by atoms with Crippen LogP contribution in [0.15, 0.2) is 24.3 Å². The van der Waals surface area contributed by atoms with Gasteiger partial charge in [-0.3, -0.25) is 4.79 Å². The van der Waals surface area contributed by atoms with E-state index >= 15 is 0 Å². The molecule has 0 saturated carbocycles. The van der Waals surface area contributed by atoms with Gasteiger partial charge in [0.25, 0.3) is 0 Å². The molecule has 1 fully saturated rings. The SMILES string of the molecule is CCN(CC)C(=O)Nc1cccc(N2CCN(C(C)=O)CC2)c1. The highest BCUT2D eigenvalue weighted by Crippen LogP contribution is 2.21. The number of carbonyl (C=O) groups excluding carboxylic acids is 2. The molecule has 0 atom stereocenters. The van der Waals surface area contributed by atoms with Gasteiger partial charge in [0.2, 0.25) is 5.91 Å². The molecule has 0 bridgehead atoms. The van der Waals surface area contributed by atoms with Gasteiger partial charge in [-0.15, -0.1) is 0 Å². The van der Waals surface area contributed by atoms with Gasteiger partial charge in [-0.1, -0.05) is 6.07 Å². The number of carbonyl (C=O) groups is 2. The maximum atomic E-state index is 12.1. The number of urea groups is 1. The van der Waals surface area contributed by atoms with E-state index in [2.05, 4.69) is 10.2 Å². The summed E-state index contributed by atoms with van der Waals surface area (Å²) in [6.45, 7) is 10.0. The molecule has 3 amide bonds. The summed E-state index contributed by atoms with van der Waals surface area (Å²) in [6, 6.07) is 7.80. The fourth-order valence-electron chi connectivity index (χ4n) is 2.77. The summed E-state index contributed by atoms with van der Waals surface area (Å²) in [6.07, 6.45) is 0. The Morgan fingerprint density at radius 2 is 1.78 bits per heavy atom. The number of hydrogen-bond donors (Lipinski definition) is 1. The molecule has 0 radical (unpaired) electrons. The van der Waals surface area contributed by atoms with E-state index < -0.39 is 0 Å². The molecular formula is C17H26N4O2. The zero-order chi connectivity index (χ0) is 16.8. The Morgan fingerprint density at radius 3 is 2.35 bits per heavy atom. The highest BCUT2D eigenvalue weighted by molar-refractivity contribution is 5.89. The highest BCUT2D eigenvalue weighted by Gasteiger charge is 2.19. The molecule has 1 heterocycles. The Hall–Kier alpha value is -2.24. The molecule has 1 aromatic rings. The molecule has 2 rings (SSSR count). The van der Waals surface area contributed by atoms with Crippen LogP contribution in [0.5, 0.6) is 0 Å². The van der Waals surface area contributed by atoms with Crippen molar-refractivity contribution in [2.24, 2.45) is 0 Å². The van der Waals surface area contributed by atoms with Crippen LogP contribution in [0.1, 0.15) is 20.8 Å². The van der Waals surface area contributed by atoms with Crippen LogP contribution in [0.3, 0.4) is 0 Å². The van der Waals surface area contributed by atoms with Crippen LogP contribution in [0.2, 0.25) is 0 Å². The fraction of sp³-hybridized carbons (Fsp3) is 0.529. The number of benzene rings is 1. The smallest absolute Gasteiger partial charge is 0.321 e. The Balaban J connectivity index is 2.00. The van der Waals surface area contributed by atoms with Gasteiger partial charge in [0.1, 0.15) is 0 Å².